The van der Waals surface area contributed by atoms with Crippen LogP contribution in [0.3, 0.4) is 0 Å². The van der Waals surface area contributed by atoms with Gasteiger partial charge < -0.3 is 10.1 Å². The molecule has 7 nitrogen and oxygen atoms in total. The summed E-state index contributed by atoms with van der Waals surface area (Å²) in [4.78, 5) is 12.7. The van der Waals surface area contributed by atoms with Gasteiger partial charge in [0.2, 0.25) is 11.8 Å². The van der Waals surface area contributed by atoms with Crippen LogP contribution in [0.2, 0.25) is 0 Å². The van der Waals surface area contributed by atoms with Crippen LogP contribution in [0.1, 0.15) is 41.8 Å². The smallest absolute Gasteiger partial charge is 0.238 e. The molecule has 0 radical (unpaired) electrons. The van der Waals surface area contributed by atoms with Gasteiger partial charge in [0, 0.05) is 17.4 Å². The third-order valence-corrected chi connectivity index (χ3v) is 5.77. The highest BCUT2D eigenvalue weighted by atomic mass is 16.5. The third kappa shape index (κ3) is 4.92. The van der Waals surface area contributed by atoms with Crippen LogP contribution in [0.25, 0.3) is 5.82 Å². The standard InChI is InChI=1S/C26H27N5O2/c1-5-23(20-9-7-6-8-10-20)26(32)27-21-11-13-22(14-12-21)33-25-16-15-24(28-29-25)31-19(4)17(2)18(3)30-31/h6-16,23H,5H2,1-4H3,(H,27,32). The number of anilines is 1. The van der Waals surface area contributed by atoms with Crippen LogP contribution in [0.4, 0.5) is 5.69 Å². The van der Waals surface area contributed by atoms with Crippen molar-refractivity contribution in [2.45, 2.75) is 40.0 Å². The van der Waals surface area contributed by atoms with Crippen molar-refractivity contribution in [3.8, 4) is 17.4 Å². The monoisotopic (exact) mass is 441 g/mol. The van der Waals surface area contributed by atoms with Crippen molar-refractivity contribution in [1.29, 1.82) is 0 Å². The zero-order chi connectivity index (χ0) is 23.4. The summed E-state index contributed by atoms with van der Waals surface area (Å²) >= 11 is 0. The van der Waals surface area contributed by atoms with Gasteiger partial charge in [-0.15, -0.1) is 10.2 Å². The Balaban J connectivity index is 1.40. The summed E-state index contributed by atoms with van der Waals surface area (Å²) in [7, 11) is 0. The lowest BCUT2D eigenvalue weighted by molar-refractivity contribution is -0.117. The first kappa shape index (κ1) is 22.2. The number of hydrogen-bond donors (Lipinski definition) is 1. The van der Waals surface area contributed by atoms with Crippen LogP contribution in [-0.4, -0.2) is 25.9 Å². The molecule has 4 rings (SSSR count). The number of carbonyl (C=O) groups is 1. The Hall–Kier alpha value is -4.00. The second kappa shape index (κ2) is 9.65. The number of nitrogens with one attached hydrogen (secondary N) is 1. The van der Waals surface area contributed by atoms with Crippen LogP contribution < -0.4 is 10.1 Å². The van der Waals surface area contributed by atoms with Gasteiger partial charge in [0.05, 0.1) is 11.6 Å². The van der Waals surface area contributed by atoms with Gasteiger partial charge in [-0.05, 0) is 68.7 Å². The minimum atomic E-state index is -0.193. The van der Waals surface area contributed by atoms with E-state index in [0.717, 1.165) is 28.9 Å². The number of carbonyl (C=O) groups excluding carboxylic acids is 1. The summed E-state index contributed by atoms with van der Waals surface area (Å²) in [5.74, 6) is 1.40. The van der Waals surface area contributed by atoms with E-state index in [0.29, 0.717) is 23.1 Å². The Kier molecular flexibility index (Phi) is 6.49. The second-order valence-electron chi connectivity index (χ2n) is 7.92. The fourth-order valence-electron chi connectivity index (χ4n) is 3.64. The zero-order valence-corrected chi connectivity index (χ0v) is 19.2. The number of aromatic nitrogens is 4. The molecule has 2 heterocycles. The maximum Gasteiger partial charge on any atom is 0.238 e. The number of nitrogens with zero attached hydrogens (tertiary/aromatic N) is 4. The first-order valence-electron chi connectivity index (χ1n) is 11.0. The zero-order valence-electron chi connectivity index (χ0n) is 19.2. The molecule has 0 aliphatic rings. The molecule has 2 aromatic carbocycles. The summed E-state index contributed by atoms with van der Waals surface area (Å²) < 4.78 is 7.59. The number of benzene rings is 2. The van der Waals surface area contributed by atoms with E-state index in [1.54, 1.807) is 22.9 Å². The average Bonchev–Trinajstić information content (AvgIpc) is 3.09. The van der Waals surface area contributed by atoms with Crippen molar-refractivity contribution >= 4 is 11.6 Å². The molecule has 33 heavy (non-hydrogen) atoms. The summed E-state index contributed by atoms with van der Waals surface area (Å²) in [6.07, 6.45) is 0.725. The topological polar surface area (TPSA) is 81.9 Å². The van der Waals surface area contributed by atoms with Crippen molar-refractivity contribution in [2.24, 2.45) is 0 Å². The van der Waals surface area contributed by atoms with Gasteiger partial charge in [-0.25, -0.2) is 4.68 Å². The molecule has 0 spiro atoms. The quantitative estimate of drug-likeness (QED) is 0.409. The van der Waals surface area contributed by atoms with Crippen LogP contribution >= 0.6 is 0 Å². The lowest BCUT2D eigenvalue weighted by atomic mass is 9.95. The van der Waals surface area contributed by atoms with Crippen LogP contribution in [0.5, 0.6) is 11.6 Å². The van der Waals surface area contributed by atoms with Crippen molar-refractivity contribution in [3.63, 3.8) is 0 Å². The highest BCUT2D eigenvalue weighted by molar-refractivity contribution is 5.95. The van der Waals surface area contributed by atoms with Gasteiger partial charge in [-0.3, -0.25) is 4.79 Å². The molecule has 0 saturated carbocycles. The molecule has 168 valence electrons. The Morgan fingerprint density at radius 3 is 2.27 bits per heavy atom. The first-order chi connectivity index (χ1) is 16.0. The SMILES string of the molecule is CCC(C(=O)Nc1ccc(Oc2ccc(-n3nc(C)c(C)c3C)nn2)cc1)c1ccccc1. The second-order valence-corrected chi connectivity index (χ2v) is 7.92. The third-order valence-electron chi connectivity index (χ3n) is 5.77. The molecule has 0 saturated heterocycles. The van der Waals surface area contributed by atoms with Crippen LogP contribution in [-0.2, 0) is 4.79 Å². The molecule has 1 amide bonds. The van der Waals surface area contributed by atoms with E-state index in [9.17, 15) is 4.79 Å². The fourth-order valence-corrected chi connectivity index (χ4v) is 3.64. The Labute approximate surface area is 193 Å². The summed E-state index contributed by atoms with van der Waals surface area (Å²) in [6, 6.07) is 20.6. The molecular formula is C26H27N5O2. The lowest BCUT2D eigenvalue weighted by Gasteiger charge is -2.15. The minimum Gasteiger partial charge on any atom is -0.438 e. The van der Waals surface area contributed by atoms with Crippen molar-refractivity contribution in [1.82, 2.24) is 20.0 Å². The van der Waals surface area contributed by atoms with Crippen LogP contribution in [0, 0.1) is 20.8 Å². The van der Waals surface area contributed by atoms with Crippen molar-refractivity contribution in [2.75, 3.05) is 5.32 Å². The molecule has 4 aromatic rings. The number of ether oxygens (including phenoxy) is 1. The van der Waals surface area contributed by atoms with E-state index in [4.69, 9.17) is 4.74 Å². The Morgan fingerprint density at radius 1 is 0.970 bits per heavy atom. The van der Waals surface area contributed by atoms with Gasteiger partial charge in [0.25, 0.3) is 0 Å². The molecule has 0 aliphatic carbocycles. The molecule has 7 heteroatoms. The molecule has 0 fully saturated rings. The van der Waals surface area contributed by atoms with Crippen molar-refractivity contribution < 1.29 is 9.53 Å². The van der Waals surface area contributed by atoms with E-state index in [2.05, 4.69) is 20.6 Å². The van der Waals surface area contributed by atoms with E-state index in [-0.39, 0.29) is 11.8 Å². The minimum absolute atomic E-state index is 0.0294. The Bertz CT molecular complexity index is 1230. The van der Waals surface area contributed by atoms with E-state index >= 15 is 0 Å². The molecule has 1 N–H and O–H groups in total. The summed E-state index contributed by atoms with van der Waals surface area (Å²) in [5.41, 5.74) is 4.86. The predicted molar refractivity (Wildman–Crippen MR) is 128 cm³/mol. The number of rotatable bonds is 7. The maximum absolute atomic E-state index is 12.7. The fraction of sp³-hybridized carbons (Fsp3) is 0.231. The lowest BCUT2D eigenvalue weighted by Crippen LogP contribution is -2.20. The molecule has 0 aliphatic heterocycles. The number of hydrogen-bond acceptors (Lipinski definition) is 5. The normalized spacial score (nSPS) is 11.8. The van der Waals surface area contributed by atoms with Gasteiger partial charge in [0.1, 0.15) is 5.75 Å². The number of aryl methyl sites for hydroxylation is 1. The van der Waals surface area contributed by atoms with Gasteiger partial charge in [0.15, 0.2) is 5.82 Å². The van der Waals surface area contributed by atoms with E-state index in [1.165, 1.54) is 0 Å². The largest absolute Gasteiger partial charge is 0.438 e. The average molecular weight is 442 g/mol. The number of amides is 1. The molecule has 2 aromatic heterocycles. The predicted octanol–water partition coefficient (Wildman–Crippen LogP) is 5.51. The molecule has 0 bridgehead atoms. The highest BCUT2D eigenvalue weighted by Crippen LogP contribution is 2.25. The van der Waals surface area contributed by atoms with E-state index in [1.807, 2.05) is 76.2 Å². The molecular weight excluding hydrogens is 414 g/mol. The van der Waals surface area contributed by atoms with Gasteiger partial charge in [-0.1, -0.05) is 37.3 Å². The van der Waals surface area contributed by atoms with Crippen molar-refractivity contribution in [3.05, 3.63) is 89.2 Å². The van der Waals surface area contributed by atoms with Gasteiger partial charge in [-0.2, -0.15) is 5.10 Å². The summed E-state index contributed by atoms with van der Waals surface area (Å²) in [6.45, 7) is 8.02. The van der Waals surface area contributed by atoms with Crippen LogP contribution in [0.15, 0.2) is 66.7 Å². The highest BCUT2D eigenvalue weighted by Gasteiger charge is 2.18. The van der Waals surface area contributed by atoms with Gasteiger partial charge >= 0.3 is 0 Å². The molecule has 1 atom stereocenters. The first-order valence-corrected chi connectivity index (χ1v) is 11.0. The maximum atomic E-state index is 12.7. The van der Waals surface area contributed by atoms with E-state index < -0.39 is 0 Å². The Morgan fingerprint density at radius 2 is 1.70 bits per heavy atom. The molecule has 1 unspecified atom stereocenters. The summed E-state index contributed by atoms with van der Waals surface area (Å²) in [5, 5.41) is 15.9.